The Morgan fingerprint density at radius 1 is 1.05 bits per heavy atom. The highest BCUT2D eigenvalue weighted by molar-refractivity contribution is 7.92. The van der Waals surface area contributed by atoms with Crippen molar-refractivity contribution in [2.45, 2.75) is 11.8 Å². The molecule has 194 valence electrons. The molecule has 0 bridgehead atoms. The zero-order chi connectivity index (χ0) is 27.2. The highest BCUT2D eigenvalue weighted by Crippen LogP contribution is 2.29. The molecule has 0 fully saturated rings. The van der Waals surface area contributed by atoms with Crippen molar-refractivity contribution in [2.24, 2.45) is 7.05 Å². The van der Waals surface area contributed by atoms with E-state index in [1.54, 1.807) is 42.9 Å². The molecule has 12 heteroatoms. The number of amides is 1. The molecule has 0 spiro atoms. The largest absolute Gasteiger partial charge is 0.298 e. The second-order valence-electron chi connectivity index (χ2n) is 8.47. The van der Waals surface area contributed by atoms with E-state index >= 15 is 0 Å². The minimum atomic E-state index is -4.23. The Kier molecular flexibility index (Phi) is 6.59. The minimum Gasteiger partial charge on any atom is -0.298 e. The van der Waals surface area contributed by atoms with Crippen LogP contribution in [0.2, 0.25) is 5.02 Å². The number of fused-ring (bicyclic) bond motifs is 1. The van der Waals surface area contributed by atoms with E-state index in [1.165, 1.54) is 41.3 Å². The van der Waals surface area contributed by atoms with Crippen LogP contribution in [0, 0.1) is 6.92 Å². The van der Waals surface area contributed by atoms with Gasteiger partial charge in [-0.1, -0.05) is 53.3 Å². The molecule has 0 unspecified atom stereocenters. The van der Waals surface area contributed by atoms with Crippen LogP contribution in [-0.4, -0.2) is 35.7 Å². The van der Waals surface area contributed by atoms with E-state index in [-0.39, 0.29) is 21.2 Å². The van der Waals surface area contributed by atoms with Gasteiger partial charge in [0, 0.05) is 14.1 Å². The van der Waals surface area contributed by atoms with Crippen LogP contribution in [0.25, 0.3) is 15.9 Å². The summed E-state index contributed by atoms with van der Waals surface area (Å²) in [5, 5.41) is 3.13. The lowest BCUT2D eigenvalue weighted by Gasteiger charge is -2.19. The van der Waals surface area contributed by atoms with Crippen molar-refractivity contribution >= 4 is 59.9 Å². The summed E-state index contributed by atoms with van der Waals surface area (Å²) in [4.78, 5) is 30.6. The molecule has 2 aromatic heterocycles. The van der Waals surface area contributed by atoms with E-state index in [4.69, 9.17) is 11.6 Å². The number of benzene rings is 3. The van der Waals surface area contributed by atoms with Crippen molar-refractivity contribution in [3.63, 3.8) is 0 Å². The summed E-state index contributed by atoms with van der Waals surface area (Å²) in [6, 6.07) is 20.2. The van der Waals surface area contributed by atoms with E-state index in [0.717, 1.165) is 14.5 Å². The van der Waals surface area contributed by atoms with Gasteiger partial charge in [-0.05, 0) is 49.4 Å². The number of hydrogen-bond acceptors (Lipinski definition) is 6. The van der Waals surface area contributed by atoms with Crippen LogP contribution in [0.3, 0.4) is 0 Å². The molecule has 5 rings (SSSR count). The van der Waals surface area contributed by atoms with Crippen LogP contribution in [-0.2, 0) is 17.1 Å². The van der Waals surface area contributed by atoms with Crippen molar-refractivity contribution in [3.8, 4) is 5.69 Å². The molecular weight excluding hydrogens is 546 g/mol. The summed E-state index contributed by atoms with van der Waals surface area (Å²) in [5.41, 5.74) is 1.24. The second kappa shape index (κ2) is 9.75. The first-order valence-corrected chi connectivity index (χ1v) is 14.0. The number of carbonyl (C=O) groups is 1. The van der Waals surface area contributed by atoms with Crippen LogP contribution in [0.4, 0.5) is 10.8 Å². The first-order valence-electron chi connectivity index (χ1n) is 11.4. The molecule has 5 aromatic rings. The van der Waals surface area contributed by atoms with Gasteiger partial charge in [-0.25, -0.2) is 18.1 Å². The average Bonchev–Trinajstić information content (AvgIpc) is 3.40. The summed E-state index contributed by atoms with van der Waals surface area (Å²) >= 11 is 7.57. The van der Waals surface area contributed by atoms with Crippen LogP contribution in [0.5, 0.6) is 0 Å². The van der Waals surface area contributed by atoms with Gasteiger partial charge >= 0.3 is 0 Å². The summed E-state index contributed by atoms with van der Waals surface area (Å²) in [7, 11) is -1.24. The number of hydrogen-bond donors (Lipinski definition) is 1. The Labute approximate surface area is 227 Å². The van der Waals surface area contributed by atoms with Crippen molar-refractivity contribution in [2.75, 3.05) is 16.7 Å². The standard InChI is InChI=1S/C26H22ClN5O4S2/c1-16-23(25(34)32(30(16)2)17-9-5-4-6-10-17)31(3)38(35,36)18-13-14-20(27)19(15-18)24(33)29-26-28-21-11-7-8-12-22(21)37-26/h4-15H,1-3H3,(H,28,29,33). The van der Waals surface area contributed by atoms with E-state index in [0.29, 0.717) is 16.5 Å². The minimum absolute atomic E-state index is 0.00761. The normalized spacial score (nSPS) is 11.6. The third-order valence-corrected chi connectivity index (χ3v) is 9.23. The topological polar surface area (TPSA) is 106 Å². The van der Waals surface area contributed by atoms with E-state index in [9.17, 15) is 18.0 Å². The van der Waals surface area contributed by atoms with Crippen molar-refractivity contribution in [1.82, 2.24) is 14.3 Å². The fourth-order valence-electron chi connectivity index (χ4n) is 4.12. The molecule has 0 aliphatic carbocycles. The first kappa shape index (κ1) is 25.7. The lowest BCUT2D eigenvalue weighted by molar-refractivity contribution is 0.102. The highest BCUT2D eigenvalue weighted by Gasteiger charge is 2.30. The first-order chi connectivity index (χ1) is 18.1. The number of nitrogens with one attached hydrogen (secondary N) is 1. The van der Waals surface area contributed by atoms with Crippen LogP contribution in [0.1, 0.15) is 16.1 Å². The summed E-state index contributed by atoms with van der Waals surface area (Å²) in [6.45, 7) is 1.67. The molecule has 0 aliphatic heterocycles. The number of nitrogens with zero attached hydrogens (tertiary/aromatic N) is 4. The van der Waals surface area contributed by atoms with E-state index in [2.05, 4.69) is 10.3 Å². The fourth-order valence-corrected chi connectivity index (χ4v) is 6.46. The lowest BCUT2D eigenvalue weighted by Crippen LogP contribution is -2.32. The van der Waals surface area contributed by atoms with Crippen molar-refractivity contribution in [1.29, 1.82) is 0 Å². The zero-order valence-corrected chi connectivity index (χ0v) is 22.9. The molecular formula is C26H22ClN5O4S2. The number of anilines is 2. The Morgan fingerprint density at radius 3 is 2.45 bits per heavy atom. The third kappa shape index (κ3) is 4.38. The number of sulfonamides is 1. The molecule has 2 heterocycles. The number of aromatic nitrogens is 3. The Bertz CT molecular complexity index is 1830. The third-order valence-electron chi connectivity index (χ3n) is 6.19. The van der Waals surface area contributed by atoms with Gasteiger partial charge in [-0.3, -0.25) is 23.9 Å². The number of halogens is 1. The second-order valence-corrected chi connectivity index (χ2v) is 11.9. The molecule has 1 amide bonds. The van der Waals surface area contributed by atoms with Gasteiger partial charge < -0.3 is 0 Å². The number of thiazole rings is 1. The van der Waals surface area contributed by atoms with Gasteiger partial charge in [-0.2, -0.15) is 0 Å². The van der Waals surface area contributed by atoms with E-state index in [1.807, 2.05) is 30.3 Å². The number of para-hydroxylation sites is 2. The van der Waals surface area contributed by atoms with Gasteiger partial charge in [-0.15, -0.1) is 0 Å². The maximum absolute atomic E-state index is 13.6. The predicted octanol–water partition coefficient (Wildman–Crippen LogP) is 4.82. The molecule has 0 radical (unpaired) electrons. The Balaban J connectivity index is 1.50. The molecule has 0 aliphatic rings. The Hall–Kier alpha value is -3.93. The van der Waals surface area contributed by atoms with Gasteiger partial charge in [0.1, 0.15) is 5.69 Å². The lowest BCUT2D eigenvalue weighted by atomic mass is 10.2. The predicted molar refractivity (Wildman–Crippen MR) is 150 cm³/mol. The molecule has 1 N–H and O–H groups in total. The van der Waals surface area contributed by atoms with Crippen LogP contribution < -0.4 is 15.2 Å². The van der Waals surface area contributed by atoms with Crippen LogP contribution in [0.15, 0.2) is 82.5 Å². The van der Waals surface area contributed by atoms with Gasteiger partial charge in [0.25, 0.3) is 21.5 Å². The molecule has 9 nitrogen and oxygen atoms in total. The van der Waals surface area contributed by atoms with Crippen molar-refractivity contribution in [3.05, 3.63) is 99.4 Å². The highest BCUT2D eigenvalue weighted by atomic mass is 35.5. The van der Waals surface area contributed by atoms with Gasteiger partial charge in [0.15, 0.2) is 5.13 Å². The smallest absolute Gasteiger partial charge is 0.296 e. The average molecular weight is 568 g/mol. The Morgan fingerprint density at radius 2 is 1.74 bits per heavy atom. The fraction of sp³-hybridized carbons (Fsp3) is 0.115. The zero-order valence-electron chi connectivity index (χ0n) is 20.5. The summed E-state index contributed by atoms with van der Waals surface area (Å²) < 4.78 is 32.1. The number of carbonyl (C=O) groups excluding carboxylic acids is 1. The summed E-state index contributed by atoms with van der Waals surface area (Å²) in [6.07, 6.45) is 0. The molecule has 0 saturated carbocycles. The molecule has 0 atom stereocenters. The summed E-state index contributed by atoms with van der Waals surface area (Å²) in [5.74, 6) is -0.601. The van der Waals surface area contributed by atoms with Gasteiger partial charge in [0.05, 0.1) is 37.1 Å². The molecule has 38 heavy (non-hydrogen) atoms. The quantitative estimate of drug-likeness (QED) is 0.316. The SMILES string of the molecule is Cc1c(N(C)S(=O)(=O)c2ccc(Cl)c(C(=O)Nc3nc4ccccc4s3)c2)c(=O)n(-c2ccccc2)n1C. The monoisotopic (exact) mass is 567 g/mol. The molecule has 3 aromatic carbocycles. The van der Waals surface area contributed by atoms with Crippen molar-refractivity contribution < 1.29 is 13.2 Å². The number of rotatable bonds is 6. The van der Waals surface area contributed by atoms with E-state index < -0.39 is 21.5 Å². The maximum atomic E-state index is 13.6. The van der Waals surface area contributed by atoms with Gasteiger partial charge in [0.2, 0.25) is 0 Å². The molecule has 0 saturated heterocycles. The van der Waals surface area contributed by atoms with Crippen LogP contribution >= 0.6 is 22.9 Å². The maximum Gasteiger partial charge on any atom is 0.296 e.